The van der Waals surface area contributed by atoms with Gasteiger partial charge >= 0.3 is 0 Å². The molecule has 0 saturated carbocycles. The van der Waals surface area contributed by atoms with Gasteiger partial charge in [0.15, 0.2) is 0 Å². The molecule has 2 aliphatic rings. The molecule has 0 aliphatic carbocycles. The van der Waals surface area contributed by atoms with Crippen LogP contribution in [0.2, 0.25) is 0 Å². The molecule has 23 heavy (non-hydrogen) atoms. The van der Waals surface area contributed by atoms with Gasteiger partial charge in [-0.3, -0.25) is 4.79 Å². The molecule has 2 atom stereocenters. The van der Waals surface area contributed by atoms with Gasteiger partial charge in [-0.15, -0.1) is 11.3 Å². The topological polar surface area (TPSA) is 51.7 Å². The van der Waals surface area contributed by atoms with Gasteiger partial charge in [-0.2, -0.15) is 0 Å². The van der Waals surface area contributed by atoms with Crippen molar-refractivity contribution in [1.29, 1.82) is 0 Å². The summed E-state index contributed by atoms with van der Waals surface area (Å²) in [7, 11) is 0. The molecule has 1 amide bonds. The first-order valence-electron chi connectivity index (χ1n) is 8.54. The number of piperidine rings is 1. The van der Waals surface area contributed by atoms with Gasteiger partial charge < -0.3 is 14.4 Å². The van der Waals surface area contributed by atoms with Gasteiger partial charge in [0, 0.05) is 30.5 Å². The molecule has 0 bridgehead atoms. The Hall–Kier alpha value is -0.980. The second-order valence-corrected chi connectivity index (χ2v) is 7.76. The third-order valence-corrected chi connectivity index (χ3v) is 5.96. The summed E-state index contributed by atoms with van der Waals surface area (Å²) in [5, 5.41) is 1.18. The molecule has 1 aromatic rings. The van der Waals surface area contributed by atoms with Crippen molar-refractivity contribution in [1.82, 2.24) is 9.88 Å². The summed E-state index contributed by atoms with van der Waals surface area (Å²) in [6, 6.07) is 0. The van der Waals surface area contributed by atoms with E-state index in [1.165, 1.54) is 9.88 Å². The number of rotatable bonds is 5. The van der Waals surface area contributed by atoms with Crippen molar-refractivity contribution >= 4 is 17.2 Å². The standard InChI is InChI=1S/C17H26N2O3S/c1-12-13(2)23-17(18-12)14-5-3-7-19(9-14)16(20)11-21-10-15-6-4-8-22-15/h14-15H,3-11H2,1-2H3/t14-,15-/m0/s1. The Labute approximate surface area is 142 Å². The zero-order valence-electron chi connectivity index (χ0n) is 14.0. The average molecular weight is 338 g/mol. The van der Waals surface area contributed by atoms with Crippen LogP contribution < -0.4 is 0 Å². The van der Waals surface area contributed by atoms with E-state index < -0.39 is 0 Å². The predicted octanol–water partition coefficient (Wildman–Crippen LogP) is 2.66. The van der Waals surface area contributed by atoms with Crippen LogP contribution in [0.3, 0.4) is 0 Å². The Kier molecular flexibility index (Phi) is 5.67. The van der Waals surface area contributed by atoms with E-state index >= 15 is 0 Å². The van der Waals surface area contributed by atoms with Crippen molar-refractivity contribution in [2.45, 2.75) is 51.6 Å². The van der Waals surface area contributed by atoms with Gasteiger partial charge in [0.05, 0.1) is 23.4 Å². The van der Waals surface area contributed by atoms with E-state index in [2.05, 4.69) is 18.8 Å². The zero-order chi connectivity index (χ0) is 16.2. The van der Waals surface area contributed by atoms with Crippen LogP contribution in [0, 0.1) is 13.8 Å². The quantitative estimate of drug-likeness (QED) is 0.828. The Morgan fingerprint density at radius 2 is 2.26 bits per heavy atom. The monoisotopic (exact) mass is 338 g/mol. The third kappa shape index (κ3) is 4.31. The van der Waals surface area contributed by atoms with Gasteiger partial charge in [0.2, 0.25) is 5.91 Å². The van der Waals surface area contributed by atoms with Crippen molar-refractivity contribution in [3.05, 3.63) is 15.6 Å². The Morgan fingerprint density at radius 3 is 2.96 bits per heavy atom. The van der Waals surface area contributed by atoms with Gasteiger partial charge in [-0.25, -0.2) is 4.98 Å². The summed E-state index contributed by atoms with van der Waals surface area (Å²) in [5.74, 6) is 0.473. The minimum absolute atomic E-state index is 0.0951. The summed E-state index contributed by atoms with van der Waals surface area (Å²) < 4.78 is 11.1. The number of aryl methyl sites for hydroxylation is 2. The smallest absolute Gasteiger partial charge is 0.248 e. The first kappa shape index (κ1) is 16.9. The van der Waals surface area contributed by atoms with Gasteiger partial charge in [0.25, 0.3) is 0 Å². The molecular weight excluding hydrogens is 312 g/mol. The summed E-state index contributed by atoms with van der Waals surface area (Å²) in [4.78, 5) is 20.3. The van der Waals surface area contributed by atoms with Crippen LogP contribution in [0.4, 0.5) is 0 Å². The molecule has 2 saturated heterocycles. The summed E-state index contributed by atoms with van der Waals surface area (Å²) in [6.45, 7) is 7.30. The molecule has 0 unspecified atom stereocenters. The van der Waals surface area contributed by atoms with E-state index in [1.807, 2.05) is 4.90 Å². The van der Waals surface area contributed by atoms with E-state index in [-0.39, 0.29) is 18.6 Å². The maximum Gasteiger partial charge on any atom is 0.248 e. The molecule has 0 radical (unpaired) electrons. The van der Waals surface area contributed by atoms with E-state index in [1.54, 1.807) is 11.3 Å². The van der Waals surface area contributed by atoms with Crippen LogP contribution in [0.25, 0.3) is 0 Å². The van der Waals surface area contributed by atoms with Crippen molar-refractivity contribution in [3.8, 4) is 0 Å². The van der Waals surface area contributed by atoms with Crippen LogP contribution in [0.15, 0.2) is 0 Å². The van der Waals surface area contributed by atoms with Crippen LogP contribution >= 0.6 is 11.3 Å². The second-order valence-electron chi connectivity index (χ2n) is 6.52. The van der Waals surface area contributed by atoms with Crippen molar-refractivity contribution in [2.24, 2.45) is 0 Å². The number of likely N-dealkylation sites (tertiary alicyclic amines) is 1. The largest absolute Gasteiger partial charge is 0.376 e. The lowest BCUT2D eigenvalue weighted by atomic mass is 9.99. The fourth-order valence-electron chi connectivity index (χ4n) is 3.22. The molecule has 5 nitrogen and oxygen atoms in total. The highest BCUT2D eigenvalue weighted by Crippen LogP contribution is 2.31. The molecule has 3 rings (SSSR count). The third-order valence-electron chi connectivity index (χ3n) is 4.72. The first-order chi connectivity index (χ1) is 11.1. The van der Waals surface area contributed by atoms with Crippen molar-refractivity contribution in [2.75, 3.05) is 32.9 Å². The lowest BCUT2D eigenvalue weighted by Crippen LogP contribution is -2.41. The number of ether oxygens (including phenoxy) is 2. The zero-order valence-corrected chi connectivity index (χ0v) is 14.9. The highest BCUT2D eigenvalue weighted by atomic mass is 32.1. The molecule has 6 heteroatoms. The van der Waals surface area contributed by atoms with Crippen LogP contribution in [0.1, 0.15) is 47.2 Å². The highest BCUT2D eigenvalue weighted by Gasteiger charge is 2.27. The number of nitrogens with zero attached hydrogens (tertiary/aromatic N) is 2. The lowest BCUT2D eigenvalue weighted by Gasteiger charge is -2.31. The van der Waals surface area contributed by atoms with Crippen molar-refractivity contribution < 1.29 is 14.3 Å². The molecule has 2 aliphatic heterocycles. The SMILES string of the molecule is Cc1nc([C@H]2CCCN(C(=O)COC[C@@H]3CCCO3)C2)sc1C. The van der Waals surface area contributed by atoms with Gasteiger partial charge in [0.1, 0.15) is 6.61 Å². The number of aromatic nitrogens is 1. The van der Waals surface area contributed by atoms with E-state index in [4.69, 9.17) is 9.47 Å². The molecule has 0 aromatic carbocycles. The molecular formula is C17H26N2O3S. The minimum atomic E-state index is 0.0951. The fraction of sp³-hybridized carbons (Fsp3) is 0.765. The second kappa shape index (κ2) is 7.73. The number of hydrogen-bond acceptors (Lipinski definition) is 5. The van der Waals surface area contributed by atoms with E-state index in [9.17, 15) is 4.79 Å². The summed E-state index contributed by atoms with van der Waals surface area (Å²) in [6.07, 6.45) is 4.48. The van der Waals surface area contributed by atoms with E-state index in [0.29, 0.717) is 12.5 Å². The maximum absolute atomic E-state index is 12.4. The highest BCUT2D eigenvalue weighted by molar-refractivity contribution is 7.11. The Morgan fingerprint density at radius 1 is 1.39 bits per heavy atom. The normalized spacial score (nSPS) is 25.0. The number of carbonyl (C=O) groups is 1. The molecule has 0 spiro atoms. The number of amides is 1. The number of carbonyl (C=O) groups excluding carboxylic acids is 1. The minimum Gasteiger partial charge on any atom is -0.376 e. The van der Waals surface area contributed by atoms with E-state index in [0.717, 1.165) is 51.1 Å². The summed E-state index contributed by atoms with van der Waals surface area (Å²) >= 11 is 1.77. The van der Waals surface area contributed by atoms with Gasteiger partial charge in [-0.1, -0.05) is 0 Å². The average Bonchev–Trinajstić information content (AvgIpc) is 3.18. The fourth-order valence-corrected chi connectivity index (χ4v) is 4.27. The number of thiazole rings is 1. The van der Waals surface area contributed by atoms with Crippen molar-refractivity contribution in [3.63, 3.8) is 0 Å². The Balaban J connectivity index is 1.48. The predicted molar refractivity (Wildman–Crippen MR) is 89.9 cm³/mol. The lowest BCUT2D eigenvalue weighted by molar-refractivity contribution is -0.138. The molecule has 128 valence electrons. The Bertz CT molecular complexity index is 520. The first-order valence-corrected chi connectivity index (χ1v) is 9.36. The van der Waals surface area contributed by atoms with Crippen LogP contribution in [-0.2, 0) is 14.3 Å². The summed E-state index contributed by atoms with van der Waals surface area (Å²) in [5.41, 5.74) is 1.12. The molecule has 1 aromatic heterocycles. The molecule has 3 heterocycles. The molecule has 0 N–H and O–H groups in total. The molecule has 2 fully saturated rings. The van der Waals surface area contributed by atoms with Crippen LogP contribution in [0.5, 0.6) is 0 Å². The number of hydrogen-bond donors (Lipinski definition) is 0. The van der Waals surface area contributed by atoms with Crippen LogP contribution in [-0.4, -0.2) is 54.8 Å². The maximum atomic E-state index is 12.4. The van der Waals surface area contributed by atoms with Gasteiger partial charge in [-0.05, 0) is 39.5 Å².